The molecule has 0 atom stereocenters. The first-order valence-corrected chi connectivity index (χ1v) is 13.0. The van der Waals surface area contributed by atoms with Crippen LogP contribution in [0.25, 0.3) is 40.1 Å². The maximum Gasteiger partial charge on any atom is 0.291 e. The fourth-order valence-electron chi connectivity index (χ4n) is 4.12. The number of aromatic nitrogens is 5. The lowest BCUT2D eigenvalue weighted by atomic mass is 10.1. The molecule has 192 valence electrons. The molecule has 0 bridgehead atoms. The van der Waals surface area contributed by atoms with Gasteiger partial charge in [-0.1, -0.05) is 59.9 Å². The van der Waals surface area contributed by atoms with E-state index in [9.17, 15) is 9.18 Å². The van der Waals surface area contributed by atoms with Crippen molar-refractivity contribution in [2.45, 2.75) is 6.92 Å². The molecule has 9 heteroatoms. The van der Waals surface area contributed by atoms with Gasteiger partial charge in [-0.3, -0.25) is 4.79 Å². The summed E-state index contributed by atoms with van der Waals surface area (Å²) in [6.07, 6.45) is 7.23. The average molecular weight is 536 g/mol. The van der Waals surface area contributed by atoms with Gasteiger partial charge in [0.05, 0.1) is 17.3 Å². The first-order chi connectivity index (χ1) is 19.0. The molecule has 7 nitrogen and oxygen atoms in total. The van der Waals surface area contributed by atoms with Crippen LogP contribution in [-0.4, -0.2) is 31.5 Å². The van der Waals surface area contributed by atoms with E-state index < -0.39 is 0 Å². The highest BCUT2D eigenvalue weighted by atomic mass is 32.1. The van der Waals surface area contributed by atoms with Crippen LogP contribution in [-0.2, 0) is 0 Å². The van der Waals surface area contributed by atoms with Crippen LogP contribution in [0.4, 0.5) is 4.39 Å². The van der Waals surface area contributed by atoms with Crippen LogP contribution in [0.2, 0.25) is 0 Å². The van der Waals surface area contributed by atoms with Crippen LogP contribution in [0.1, 0.15) is 22.5 Å². The molecule has 0 amide bonds. The summed E-state index contributed by atoms with van der Waals surface area (Å²) in [6, 6.07) is 22.2. The van der Waals surface area contributed by atoms with Gasteiger partial charge in [0.2, 0.25) is 4.96 Å². The number of methoxy groups -OCH3 is 1. The van der Waals surface area contributed by atoms with Crippen molar-refractivity contribution in [2.24, 2.45) is 0 Å². The molecule has 6 aromatic rings. The fraction of sp³-hybridized carbons (Fsp3) is 0.0667. The summed E-state index contributed by atoms with van der Waals surface area (Å²) in [7, 11) is 1.62. The molecule has 3 heterocycles. The lowest BCUT2D eigenvalue weighted by molar-refractivity contribution is 0.415. The van der Waals surface area contributed by atoms with E-state index in [4.69, 9.17) is 9.84 Å². The second-order valence-electron chi connectivity index (χ2n) is 8.86. The highest BCUT2D eigenvalue weighted by molar-refractivity contribution is 7.15. The molecule has 0 radical (unpaired) electrons. The summed E-state index contributed by atoms with van der Waals surface area (Å²) in [4.78, 5) is 18.2. The molecule has 0 N–H and O–H groups in total. The molecule has 0 aliphatic carbocycles. The molecule has 6 rings (SSSR count). The zero-order chi connectivity index (χ0) is 26.9. The van der Waals surface area contributed by atoms with Crippen LogP contribution in [0.3, 0.4) is 0 Å². The van der Waals surface area contributed by atoms with E-state index in [-0.39, 0.29) is 11.4 Å². The molecular weight excluding hydrogens is 513 g/mol. The van der Waals surface area contributed by atoms with Crippen molar-refractivity contribution >= 4 is 34.5 Å². The highest BCUT2D eigenvalue weighted by Gasteiger charge is 2.15. The van der Waals surface area contributed by atoms with Gasteiger partial charge in [0.25, 0.3) is 5.56 Å². The maximum atomic E-state index is 14.4. The predicted molar refractivity (Wildman–Crippen MR) is 152 cm³/mol. The highest BCUT2D eigenvalue weighted by Crippen LogP contribution is 2.26. The minimum Gasteiger partial charge on any atom is -0.497 e. The third-order valence-electron chi connectivity index (χ3n) is 6.23. The third kappa shape index (κ3) is 4.87. The predicted octanol–water partition coefficient (Wildman–Crippen LogP) is 5.18. The van der Waals surface area contributed by atoms with Gasteiger partial charge < -0.3 is 4.74 Å². The number of ether oxygens (including phenoxy) is 1. The van der Waals surface area contributed by atoms with Gasteiger partial charge in [-0.25, -0.2) is 9.07 Å². The number of fused-ring (bicyclic) bond motifs is 1. The molecule has 0 aliphatic rings. The lowest BCUT2D eigenvalue weighted by Gasteiger charge is -2.02. The van der Waals surface area contributed by atoms with Crippen molar-refractivity contribution in [3.05, 3.63) is 122 Å². The Morgan fingerprint density at radius 2 is 1.77 bits per heavy atom. The lowest BCUT2D eigenvalue weighted by Crippen LogP contribution is -2.23. The first kappa shape index (κ1) is 24.4. The largest absolute Gasteiger partial charge is 0.497 e. The van der Waals surface area contributed by atoms with Crippen LogP contribution < -0.4 is 14.8 Å². The van der Waals surface area contributed by atoms with E-state index in [0.29, 0.717) is 37.7 Å². The number of rotatable bonds is 6. The van der Waals surface area contributed by atoms with E-state index in [1.54, 1.807) is 36.9 Å². The van der Waals surface area contributed by atoms with Crippen molar-refractivity contribution in [3.8, 4) is 22.7 Å². The first-order valence-electron chi connectivity index (χ1n) is 12.1. The Bertz CT molecular complexity index is 1940. The molecule has 0 spiro atoms. The smallest absolute Gasteiger partial charge is 0.291 e. The van der Waals surface area contributed by atoms with Crippen LogP contribution >= 0.6 is 11.3 Å². The fourth-order valence-corrected chi connectivity index (χ4v) is 5.02. The molecule has 0 fully saturated rings. The summed E-state index contributed by atoms with van der Waals surface area (Å²) in [5, 5.41) is 9.11. The Morgan fingerprint density at radius 3 is 2.49 bits per heavy atom. The second kappa shape index (κ2) is 10.1. The van der Waals surface area contributed by atoms with Gasteiger partial charge >= 0.3 is 0 Å². The maximum absolute atomic E-state index is 14.4. The SMILES string of the molecule is COc1ccc(/C=C/c2nc3s/c(=C\c4cn(-c5ccccc5)nc4-c4ccc(C)c(F)c4)c(=O)n3n2)cc1. The summed E-state index contributed by atoms with van der Waals surface area (Å²) in [6.45, 7) is 1.72. The van der Waals surface area contributed by atoms with E-state index in [1.807, 2.05) is 72.9 Å². The number of halogens is 1. The third-order valence-corrected chi connectivity index (χ3v) is 7.19. The van der Waals surface area contributed by atoms with E-state index >= 15 is 0 Å². The van der Waals surface area contributed by atoms with Gasteiger partial charge in [-0.15, -0.1) is 5.10 Å². The standard InChI is InChI=1S/C30H22FN5O2S/c1-19-8-12-21(16-25(19)31)28-22(18-35(34-28)23-6-4-3-5-7-23)17-26-29(37)36-30(39-26)32-27(33-36)15-11-20-9-13-24(38-2)14-10-20/h3-18H,1-2H3/b15-11+,26-17-. The second-order valence-corrected chi connectivity index (χ2v) is 9.87. The van der Waals surface area contributed by atoms with Gasteiger partial charge in [0.1, 0.15) is 17.3 Å². The van der Waals surface area contributed by atoms with Crippen molar-refractivity contribution in [3.63, 3.8) is 0 Å². The van der Waals surface area contributed by atoms with Gasteiger partial charge in [0, 0.05) is 17.3 Å². The van der Waals surface area contributed by atoms with Crippen molar-refractivity contribution in [2.75, 3.05) is 7.11 Å². The minimum absolute atomic E-state index is 0.278. The van der Waals surface area contributed by atoms with Crippen LogP contribution in [0.15, 0.2) is 83.8 Å². The van der Waals surface area contributed by atoms with Gasteiger partial charge in [-0.05, 0) is 60.5 Å². The zero-order valence-electron chi connectivity index (χ0n) is 21.1. The number of hydrogen-bond donors (Lipinski definition) is 0. The summed E-state index contributed by atoms with van der Waals surface area (Å²) in [5.74, 6) is 0.900. The average Bonchev–Trinajstić information content (AvgIpc) is 3.64. The molecule has 0 saturated carbocycles. The number of para-hydroxylation sites is 1. The summed E-state index contributed by atoms with van der Waals surface area (Å²) >= 11 is 1.24. The molecule has 3 aromatic heterocycles. The summed E-state index contributed by atoms with van der Waals surface area (Å²) < 4.78 is 23.1. The van der Waals surface area contributed by atoms with Crippen LogP contribution in [0.5, 0.6) is 5.75 Å². The Kier molecular flexibility index (Phi) is 6.34. The topological polar surface area (TPSA) is 74.3 Å². The zero-order valence-corrected chi connectivity index (χ0v) is 21.9. The van der Waals surface area contributed by atoms with Crippen molar-refractivity contribution in [1.29, 1.82) is 0 Å². The number of aryl methyl sites for hydroxylation is 1. The van der Waals surface area contributed by atoms with Crippen molar-refractivity contribution < 1.29 is 9.13 Å². The minimum atomic E-state index is -0.314. The Hall–Kier alpha value is -4.89. The molecular formula is C30H22FN5O2S. The van der Waals surface area contributed by atoms with Gasteiger partial charge in [0.15, 0.2) is 5.82 Å². The monoisotopic (exact) mass is 535 g/mol. The molecule has 0 unspecified atom stereocenters. The number of thiazole rings is 1. The Balaban J connectivity index is 1.39. The Morgan fingerprint density at radius 1 is 0.974 bits per heavy atom. The molecule has 0 saturated heterocycles. The van der Waals surface area contributed by atoms with E-state index in [1.165, 1.54) is 21.9 Å². The molecule has 0 aliphatic heterocycles. The number of hydrogen-bond acceptors (Lipinski definition) is 6. The molecule has 39 heavy (non-hydrogen) atoms. The summed E-state index contributed by atoms with van der Waals surface area (Å²) in [5.41, 5.74) is 3.96. The quantitative estimate of drug-likeness (QED) is 0.294. The van der Waals surface area contributed by atoms with Crippen molar-refractivity contribution in [1.82, 2.24) is 24.4 Å². The van der Waals surface area contributed by atoms with E-state index in [2.05, 4.69) is 10.1 Å². The van der Waals surface area contributed by atoms with E-state index in [0.717, 1.165) is 17.0 Å². The number of nitrogens with zero attached hydrogens (tertiary/aromatic N) is 5. The van der Waals surface area contributed by atoms with Gasteiger partial charge in [-0.2, -0.15) is 14.6 Å². The molecule has 3 aromatic carbocycles. The number of benzene rings is 3. The Labute approximate surface area is 226 Å². The normalized spacial score (nSPS) is 12.1. The van der Waals surface area contributed by atoms with Crippen LogP contribution in [0, 0.1) is 12.7 Å².